The Morgan fingerprint density at radius 1 is 1.12 bits per heavy atom. The van der Waals surface area contributed by atoms with Crippen molar-refractivity contribution in [1.82, 2.24) is 10.6 Å². The SMILES string of the molecule is O=C(O)CNC(=O)/C(=C/c1ccccc1)NC(=O)c1ccc(Br)o1. The molecule has 1 heterocycles. The number of aliphatic carboxylic acids is 1. The monoisotopic (exact) mass is 392 g/mol. The van der Waals surface area contributed by atoms with Gasteiger partial charge in [-0.2, -0.15) is 0 Å². The van der Waals surface area contributed by atoms with Crippen molar-refractivity contribution in [2.24, 2.45) is 0 Å². The van der Waals surface area contributed by atoms with Gasteiger partial charge in [-0.15, -0.1) is 0 Å². The molecule has 0 saturated heterocycles. The normalized spacial score (nSPS) is 11.0. The molecule has 0 saturated carbocycles. The predicted octanol–water partition coefficient (Wildman–Crippen LogP) is 2.01. The standard InChI is InChI=1S/C16H13BrN2O5/c17-13-7-6-12(24-13)16(23)19-11(15(22)18-9-14(20)21)8-10-4-2-1-3-5-10/h1-8H,9H2,(H,18,22)(H,19,23)(H,20,21)/b11-8-. The van der Waals surface area contributed by atoms with Gasteiger partial charge in [-0.25, -0.2) is 0 Å². The van der Waals surface area contributed by atoms with Gasteiger partial charge >= 0.3 is 5.97 Å². The quantitative estimate of drug-likeness (QED) is 0.651. The molecule has 0 unspecified atom stereocenters. The Kier molecular flexibility index (Phi) is 5.91. The zero-order valence-corrected chi connectivity index (χ0v) is 13.9. The van der Waals surface area contributed by atoms with Crippen molar-refractivity contribution < 1.29 is 23.9 Å². The fourth-order valence-corrected chi connectivity index (χ4v) is 2.05. The molecule has 0 spiro atoms. The Labute approximate surface area is 145 Å². The molecule has 1 aromatic heterocycles. The van der Waals surface area contributed by atoms with Crippen molar-refractivity contribution in [3.63, 3.8) is 0 Å². The molecule has 0 atom stereocenters. The first-order valence-electron chi connectivity index (χ1n) is 6.79. The van der Waals surface area contributed by atoms with Crippen LogP contribution in [0.2, 0.25) is 0 Å². The van der Waals surface area contributed by atoms with Crippen LogP contribution in [-0.4, -0.2) is 29.4 Å². The van der Waals surface area contributed by atoms with Gasteiger partial charge in [0.15, 0.2) is 10.4 Å². The Morgan fingerprint density at radius 3 is 2.42 bits per heavy atom. The van der Waals surface area contributed by atoms with E-state index in [1.165, 1.54) is 12.1 Å². The zero-order chi connectivity index (χ0) is 17.5. The van der Waals surface area contributed by atoms with E-state index >= 15 is 0 Å². The minimum absolute atomic E-state index is 0.00636. The largest absolute Gasteiger partial charge is 0.480 e. The van der Waals surface area contributed by atoms with Crippen LogP contribution in [0.25, 0.3) is 6.08 Å². The summed E-state index contributed by atoms with van der Waals surface area (Å²) in [5, 5.41) is 13.3. The number of furan rings is 1. The number of carboxylic acid groups (broad SMARTS) is 1. The lowest BCUT2D eigenvalue weighted by Gasteiger charge is -2.09. The number of carboxylic acids is 1. The molecule has 0 bridgehead atoms. The molecule has 0 aliphatic rings. The molecule has 2 amide bonds. The first-order valence-corrected chi connectivity index (χ1v) is 7.58. The molecule has 8 heteroatoms. The van der Waals surface area contributed by atoms with Gasteiger partial charge in [0.2, 0.25) is 0 Å². The molecule has 0 aliphatic carbocycles. The number of nitrogens with one attached hydrogen (secondary N) is 2. The molecule has 0 fully saturated rings. The lowest BCUT2D eigenvalue weighted by Crippen LogP contribution is -2.37. The number of benzene rings is 1. The van der Waals surface area contributed by atoms with Gasteiger partial charge in [-0.3, -0.25) is 14.4 Å². The second kappa shape index (κ2) is 8.11. The van der Waals surface area contributed by atoms with Crippen LogP contribution < -0.4 is 10.6 Å². The van der Waals surface area contributed by atoms with Crippen molar-refractivity contribution in [2.75, 3.05) is 6.54 Å². The second-order valence-electron chi connectivity index (χ2n) is 4.60. The third kappa shape index (κ3) is 5.10. The van der Waals surface area contributed by atoms with Crippen molar-refractivity contribution in [2.45, 2.75) is 0 Å². The molecule has 2 rings (SSSR count). The summed E-state index contributed by atoms with van der Waals surface area (Å²) in [7, 11) is 0. The van der Waals surface area contributed by atoms with Crippen LogP contribution in [0.15, 0.2) is 57.2 Å². The highest BCUT2D eigenvalue weighted by atomic mass is 79.9. The van der Waals surface area contributed by atoms with Gasteiger partial charge in [0, 0.05) is 0 Å². The molecule has 3 N–H and O–H groups in total. The Morgan fingerprint density at radius 2 is 1.83 bits per heavy atom. The van der Waals surface area contributed by atoms with Gasteiger partial charge in [-0.1, -0.05) is 30.3 Å². The number of halogens is 1. The van der Waals surface area contributed by atoms with E-state index in [9.17, 15) is 14.4 Å². The van der Waals surface area contributed by atoms with E-state index in [0.717, 1.165) is 0 Å². The molecular weight excluding hydrogens is 380 g/mol. The van der Waals surface area contributed by atoms with Crippen LogP contribution in [0.4, 0.5) is 0 Å². The summed E-state index contributed by atoms with van der Waals surface area (Å²) in [6.45, 7) is -0.562. The second-order valence-corrected chi connectivity index (χ2v) is 5.38. The molecule has 0 radical (unpaired) electrons. The summed E-state index contributed by atoms with van der Waals surface area (Å²) in [5.41, 5.74) is 0.568. The number of carbonyl (C=O) groups is 3. The highest BCUT2D eigenvalue weighted by molar-refractivity contribution is 9.10. The van der Waals surface area contributed by atoms with Gasteiger partial charge in [0.05, 0.1) is 0 Å². The number of amides is 2. The fourth-order valence-electron chi connectivity index (χ4n) is 1.75. The molecule has 24 heavy (non-hydrogen) atoms. The fraction of sp³-hybridized carbons (Fsp3) is 0.0625. The molecule has 124 valence electrons. The van der Waals surface area contributed by atoms with Crippen molar-refractivity contribution in [1.29, 1.82) is 0 Å². The van der Waals surface area contributed by atoms with Gasteiger partial charge in [0.1, 0.15) is 12.2 Å². The van der Waals surface area contributed by atoms with E-state index in [0.29, 0.717) is 10.2 Å². The minimum atomic E-state index is -1.19. The Balaban J connectivity index is 2.22. The number of hydrogen-bond acceptors (Lipinski definition) is 4. The first-order chi connectivity index (χ1) is 11.5. The topological polar surface area (TPSA) is 109 Å². The first kappa shape index (κ1) is 17.5. The average Bonchev–Trinajstić information content (AvgIpc) is 2.99. The summed E-state index contributed by atoms with van der Waals surface area (Å²) in [4.78, 5) is 34.9. The number of carbonyl (C=O) groups excluding carboxylic acids is 2. The summed E-state index contributed by atoms with van der Waals surface area (Å²) < 4.78 is 5.50. The summed E-state index contributed by atoms with van der Waals surface area (Å²) >= 11 is 3.08. The summed E-state index contributed by atoms with van der Waals surface area (Å²) in [6.07, 6.45) is 1.44. The minimum Gasteiger partial charge on any atom is -0.480 e. The van der Waals surface area contributed by atoms with E-state index in [2.05, 4.69) is 26.6 Å². The third-order valence-corrected chi connectivity index (χ3v) is 3.23. The van der Waals surface area contributed by atoms with Crippen molar-refractivity contribution in [3.05, 3.63) is 64.2 Å². The summed E-state index contributed by atoms with van der Waals surface area (Å²) in [6, 6.07) is 11.8. The van der Waals surface area contributed by atoms with Gasteiger partial charge in [0.25, 0.3) is 11.8 Å². The lowest BCUT2D eigenvalue weighted by molar-refractivity contribution is -0.137. The van der Waals surface area contributed by atoms with Crippen molar-refractivity contribution in [3.8, 4) is 0 Å². The molecule has 7 nitrogen and oxygen atoms in total. The van der Waals surface area contributed by atoms with E-state index in [-0.39, 0.29) is 11.5 Å². The molecular formula is C16H13BrN2O5. The van der Waals surface area contributed by atoms with Crippen LogP contribution in [-0.2, 0) is 9.59 Å². The zero-order valence-electron chi connectivity index (χ0n) is 12.3. The average molecular weight is 393 g/mol. The van der Waals surface area contributed by atoms with Crippen molar-refractivity contribution >= 4 is 39.8 Å². The van der Waals surface area contributed by atoms with Crippen LogP contribution in [0, 0.1) is 0 Å². The predicted molar refractivity (Wildman–Crippen MR) is 88.9 cm³/mol. The van der Waals surface area contributed by atoms with Crippen LogP contribution in [0.5, 0.6) is 0 Å². The number of hydrogen-bond donors (Lipinski definition) is 3. The lowest BCUT2D eigenvalue weighted by atomic mass is 10.2. The molecule has 0 aliphatic heterocycles. The van der Waals surface area contributed by atoms with Gasteiger partial charge < -0.3 is 20.2 Å². The van der Waals surface area contributed by atoms with E-state index in [1.807, 2.05) is 0 Å². The highest BCUT2D eigenvalue weighted by Gasteiger charge is 2.17. The maximum atomic E-state index is 12.1. The summed E-state index contributed by atoms with van der Waals surface area (Å²) in [5.74, 6) is -2.54. The van der Waals surface area contributed by atoms with Crippen LogP contribution in [0.3, 0.4) is 0 Å². The molecule has 2 aromatic rings. The third-order valence-electron chi connectivity index (χ3n) is 2.80. The maximum absolute atomic E-state index is 12.1. The Hall–Kier alpha value is -2.87. The smallest absolute Gasteiger partial charge is 0.322 e. The maximum Gasteiger partial charge on any atom is 0.322 e. The highest BCUT2D eigenvalue weighted by Crippen LogP contribution is 2.14. The van der Waals surface area contributed by atoms with E-state index in [4.69, 9.17) is 9.52 Å². The van der Waals surface area contributed by atoms with Gasteiger partial charge in [-0.05, 0) is 39.7 Å². The Bertz CT molecular complexity index is 783. The van der Waals surface area contributed by atoms with Crippen LogP contribution in [0.1, 0.15) is 16.1 Å². The van der Waals surface area contributed by atoms with E-state index < -0.39 is 24.3 Å². The number of rotatable bonds is 6. The van der Waals surface area contributed by atoms with E-state index in [1.54, 1.807) is 36.4 Å². The molecule has 1 aromatic carbocycles. The van der Waals surface area contributed by atoms with Crippen LogP contribution >= 0.6 is 15.9 Å².